The lowest BCUT2D eigenvalue weighted by molar-refractivity contribution is -0.274. The number of rotatable bonds is 10. The van der Waals surface area contributed by atoms with E-state index in [2.05, 4.69) is 29.3 Å². The molecule has 0 saturated heterocycles. The summed E-state index contributed by atoms with van der Waals surface area (Å²) in [5.74, 6) is -2.21. The van der Waals surface area contributed by atoms with Gasteiger partial charge in [0.25, 0.3) is 0 Å². The summed E-state index contributed by atoms with van der Waals surface area (Å²) < 4.78 is 84.4. The van der Waals surface area contributed by atoms with Crippen molar-refractivity contribution in [2.75, 3.05) is 11.9 Å². The first-order valence-corrected chi connectivity index (χ1v) is 13.2. The predicted octanol–water partition coefficient (Wildman–Crippen LogP) is 2.22. The van der Waals surface area contributed by atoms with Crippen molar-refractivity contribution in [3.05, 3.63) is 64.8 Å². The quantitative estimate of drug-likeness (QED) is 0.229. The van der Waals surface area contributed by atoms with Crippen LogP contribution >= 0.6 is 11.6 Å². The largest absolute Gasteiger partial charge is 0.573 e. The van der Waals surface area contributed by atoms with Crippen LogP contribution in [0, 0.1) is 5.92 Å². The summed E-state index contributed by atoms with van der Waals surface area (Å²) in [5, 5.41) is 21.6. The van der Waals surface area contributed by atoms with Gasteiger partial charge in [0.15, 0.2) is 0 Å². The first-order chi connectivity index (χ1) is 18.7. The Morgan fingerprint density at radius 1 is 1.30 bits per heavy atom. The predicted molar refractivity (Wildman–Crippen MR) is 130 cm³/mol. The van der Waals surface area contributed by atoms with Crippen molar-refractivity contribution in [1.82, 2.24) is 19.7 Å². The lowest BCUT2D eigenvalue weighted by Crippen LogP contribution is -2.33. The third kappa shape index (κ3) is 7.42. The summed E-state index contributed by atoms with van der Waals surface area (Å²) in [5.41, 5.74) is 0.207. The molecule has 0 unspecified atom stereocenters. The molecule has 0 spiro atoms. The van der Waals surface area contributed by atoms with Gasteiger partial charge in [-0.05, 0) is 30.2 Å². The molecule has 2 heterocycles. The molecule has 0 aliphatic heterocycles. The Morgan fingerprint density at radius 2 is 2.05 bits per heavy atom. The number of anilines is 1. The Balaban J connectivity index is 1.47. The Labute approximate surface area is 229 Å². The maximum absolute atomic E-state index is 14.8. The monoisotopic (exact) mass is 608 g/mol. The number of nitrogens with two attached hydrogens (primary N) is 1. The first kappa shape index (κ1) is 29.6. The van der Waals surface area contributed by atoms with Gasteiger partial charge in [0.05, 0.1) is 35.9 Å². The minimum absolute atomic E-state index is 0.0272. The van der Waals surface area contributed by atoms with Crippen LogP contribution < -0.4 is 15.2 Å². The molecule has 1 fully saturated rings. The van der Waals surface area contributed by atoms with Crippen LogP contribution in [-0.4, -0.2) is 70.3 Å². The van der Waals surface area contributed by atoms with Crippen LogP contribution in [0.25, 0.3) is 0 Å². The minimum Gasteiger partial charge on any atom is -0.404 e. The molecule has 1 aliphatic carbocycles. The Kier molecular flexibility index (Phi) is 8.60. The fourth-order valence-electron chi connectivity index (χ4n) is 4.11. The molecule has 0 amide bonds. The molecule has 4 atom stereocenters. The highest BCUT2D eigenvalue weighted by atomic mass is 35.5. The highest BCUT2D eigenvalue weighted by Gasteiger charge is 2.44. The SMILES string of the molecule is NS(=O)(=O)OC[C@H]1C[C@@H](Nc2ncncc2C(=O)c2ccn(Cc3ccc(Cl)c(OC(F)(F)F)c3)n2)[C@@H](F)[C@@H]1O. The summed E-state index contributed by atoms with van der Waals surface area (Å²) in [6.45, 7) is -0.566. The van der Waals surface area contributed by atoms with E-state index in [1.807, 2.05) is 0 Å². The molecule has 1 aliphatic rings. The van der Waals surface area contributed by atoms with Crippen LogP contribution in [0.2, 0.25) is 5.02 Å². The molecule has 4 rings (SSSR count). The Morgan fingerprint density at radius 3 is 2.75 bits per heavy atom. The van der Waals surface area contributed by atoms with Gasteiger partial charge in [0.1, 0.15) is 29.8 Å². The van der Waals surface area contributed by atoms with Gasteiger partial charge in [-0.25, -0.2) is 19.5 Å². The van der Waals surface area contributed by atoms with E-state index in [0.29, 0.717) is 5.56 Å². The van der Waals surface area contributed by atoms with Crippen LogP contribution in [0.3, 0.4) is 0 Å². The Hall–Kier alpha value is -3.38. The number of hydrogen-bond acceptors (Lipinski definition) is 10. The maximum Gasteiger partial charge on any atom is 0.573 e. The highest BCUT2D eigenvalue weighted by Crippen LogP contribution is 2.33. The number of hydrogen-bond donors (Lipinski definition) is 3. The molecule has 18 heteroatoms. The van der Waals surface area contributed by atoms with Gasteiger partial charge in [0.2, 0.25) is 5.78 Å². The van der Waals surface area contributed by atoms with Crippen molar-refractivity contribution in [1.29, 1.82) is 0 Å². The van der Waals surface area contributed by atoms with Gasteiger partial charge in [-0.3, -0.25) is 13.7 Å². The molecule has 12 nitrogen and oxygen atoms in total. The standard InChI is InChI=1S/C22H21ClF4N6O6S/c23-14-2-1-11(5-17(14)39-22(25,26)27)8-33-4-3-15(32-33)20(35)13-7-29-10-30-21(13)31-16-6-12(19(34)18(16)24)9-38-40(28,36)37/h1-5,7,10,12,16,18-19,34H,6,8-9H2,(H2,28,36,37)(H,29,30,31)/t12-,16-,18-,19-/m1/s1. The zero-order chi connectivity index (χ0) is 29.2. The van der Waals surface area contributed by atoms with Crippen molar-refractivity contribution >= 4 is 33.5 Å². The van der Waals surface area contributed by atoms with Gasteiger partial charge in [-0.15, -0.1) is 13.2 Å². The van der Waals surface area contributed by atoms with E-state index < -0.39 is 59.0 Å². The molecular weight excluding hydrogens is 588 g/mol. The number of aliphatic hydroxyl groups excluding tert-OH is 1. The van der Waals surface area contributed by atoms with Crippen molar-refractivity contribution < 1.29 is 44.8 Å². The van der Waals surface area contributed by atoms with E-state index in [-0.39, 0.29) is 35.1 Å². The number of carbonyl (C=O) groups excluding carboxylic acids is 1. The molecule has 3 aromatic rings. The molecule has 1 aromatic carbocycles. The number of aromatic nitrogens is 4. The van der Waals surface area contributed by atoms with Crippen LogP contribution in [0.5, 0.6) is 5.75 Å². The number of nitrogens with zero attached hydrogens (tertiary/aromatic N) is 4. The minimum atomic E-state index is -4.93. The fourth-order valence-corrected chi connectivity index (χ4v) is 4.63. The Bertz CT molecular complexity index is 1490. The number of benzene rings is 1. The van der Waals surface area contributed by atoms with E-state index in [9.17, 15) is 35.9 Å². The molecule has 216 valence electrons. The van der Waals surface area contributed by atoms with E-state index in [4.69, 9.17) is 16.7 Å². The lowest BCUT2D eigenvalue weighted by Gasteiger charge is -2.18. The van der Waals surface area contributed by atoms with Gasteiger partial charge < -0.3 is 15.2 Å². The lowest BCUT2D eigenvalue weighted by atomic mass is 10.1. The third-order valence-corrected chi connectivity index (χ3v) is 6.69. The van der Waals surface area contributed by atoms with Crippen molar-refractivity contribution in [3.63, 3.8) is 0 Å². The van der Waals surface area contributed by atoms with E-state index in [1.165, 1.54) is 35.3 Å². The maximum atomic E-state index is 14.8. The van der Waals surface area contributed by atoms with Gasteiger partial charge in [0, 0.05) is 18.3 Å². The molecule has 0 radical (unpaired) electrons. The normalized spacial score (nSPS) is 21.4. The summed E-state index contributed by atoms with van der Waals surface area (Å²) in [6.07, 6.45) is -4.71. The topological polar surface area (TPSA) is 172 Å². The van der Waals surface area contributed by atoms with E-state index in [1.54, 1.807) is 0 Å². The van der Waals surface area contributed by atoms with Crippen molar-refractivity contribution in [2.45, 2.75) is 37.6 Å². The smallest absolute Gasteiger partial charge is 0.404 e. The van der Waals surface area contributed by atoms with E-state index >= 15 is 0 Å². The second-order valence-corrected chi connectivity index (χ2v) is 10.4. The molecule has 2 aromatic heterocycles. The van der Waals surface area contributed by atoms with Crippen LogP contribution in [0.1, 0.15) is 28.0 Å². The molecule has 4 N–H and O–H groups in total. The highest BCUT2D eigenvalue weighted by molar-refractivity contribution is 7.84. The average Bonchev–Trinajstić information content (AvgIpc) is 3.43. The number of halogens is 5. The van der Waals surface area contributed by atoms with Crippen molar-refractivity contribution in [3.8, 4) is 5.75 Å². The summed E-state index contributed by atoms with van der Waals surface area (Å²) in [7, 11) is -4.29. The summed E-state index contributed by atoms with van der Waals surface area (Å²) >= 11 is 5.77. The van der Waals surface area contributed by atoms with Crippen molar-refractivity contribution in [2.24, 2.45) is 11.1 Å². The molecule has 1 saturated carbocycles. The second-order valence-electron chi connectivity index (χ2n) is 8.78. The summed E-state index contributed by atoms with van der Waals surface area (Å²) in [4.78, 5) is 21.0. The average molecular weight is 609 g/mol. The number of nitrogens with one attached hydrogen (secondary N) is 1. The third-order valence-electron chi connectivity index (χ3n) is 5.91. The number of ether oxygens (including phenoxy) is 1. The van der Waals surface area contributed by atoms with Crippen LogP contribution in [0.4, 0.5) is 23.4 Å². The number of aliphatic hydroxyl groups is 1. The van der Waals surface area contributed by atoms with Crippen LogP contribution in [-0.2, 0) is 21.0 Å². The molecule has 0 bridgehead atoms. The second kappa shape index (κ2) is 11.6. The first-order valence-electron chi connectivity index (χ1n) is 11.4. The summed E-state index contributed by atoms with van der Waals surface area (Å²) in [6, 6.07) is 4.10. The fraction of sp³-hybridized carbons (Fsp3) is 0.364. The number of ketones is 1. The zero-order valence-corrected chi connectivity index (χ0v) is 21.7. The molecular formula is C22H21ClF4N6O6S. The number of carbonyl (C=O) groups is 1. The van der Waals surface area contributed by atoms with Gasteiger partial charge in [-0.1, -0.05) is 17.7 Å². The van der Waals surface area contributed by atoms with Crippen LogP contribution in [0.15, 0.2) is 43.0 Å². The van der Waals surface area contributed by atoms with Gasteiger partial charge in [-0.2, -0.15) is 13.5 Å². The zero-order valence-electron chi connectivity index (χ0n) is 20.1. The molecule has 40 heavy (non-hydrogen) atoms. The van der Waals surface area contributed by atoms with E-state index in [0.717, 1.165) is 12.4 Å². The van der Waals surface area contributed by atoms with Gasteiger partial charge >= 0.3 is 16.7 Å². The number of alkyl halides is 4.